The minimum atomic E-state index is -4.84. The van der Waals surface area contributed by atoms with Crippen LogP contribution < -0.4 is 5.32 Å². The summed E-state index contributed by atoms with van der Waals surface area (Å²) in [6, 6.07) is 2.73. The molecular formula is C13H10F5N3O. The van der Waals surface area contributed by atoms with Crippen molar-refractivity contribution in [2.75, 3.05) is 0 Å². The molecule has 1 aromatic heterocycles. The van der Waals surface area contributed by atoms with E-state index in [0.717, 1.165) is 18.9 Å². The number of benzene rings is 1. The van der Waals surface area contributed by atoms with Crippen molar-refractivity contribution in [2.24, 2.45) is 0 Å². The Morgan fingerprint density at radius 1 is 1.18 bits per heavy atom. The van der Waals surface area contributed by atoms with Gasteiger partial charge in [-0.1, -0.05) is 11.2 Å². The molecule has 0 atom stereocenters. The number of aromatic nitrogens is 2. The Bertz CT molecular complexity index is 693. The van der Waals surface area contributed by atoms with E-state index in [9.17, 15) is 22.0 Å². The van der Waals surface area contributed by atoms with Crippen LogP contribution in [0.1, 0.15) is 24.3 Å². The van der Waals surface area contributed by atoms with Gasteiger partial charge >= 0.3 is 12.1 Å². The molecule has 3 rings (SSSR count). The number of alkyl halides is 3. The number of rotatable bonds is 4. The molecule has 4 nitrogen and oxygen atoms in total. The maximum absolute atomic E-state index is 14.0. The molecule has 22 heavy (non-hydrogen) atoms. The molecule has 0 amide bonds. The third-order valence-electron chi connectivity index (χ3n) is 3.23. The van der Waals surface area contributed by atoms with Crippen LogP contribution in [-0.2, 0) is 12.7 Å². The molecule has 1 fully saturated rings. The molecule has 0 aliphatic heterocycles. The van der Waals surface area contributed by atoms with Crippen molar-refractivity contribution < 1.29 is 26.5 Å². The number of nitrogens with zero attached hydrogens (tertiary/aromatic N) is 2. The molecule has 0 saturated heterocycles. The summed E-state index contributed by atoms with van der Waals surface area (Å²) in [5.41, 5.74) is -0.389. The van der Waals surface area contributed by atoms with Crippen LogP contribution in [0.5, 0.6) is 0 Å². The first-order valence-electron chi connectivity index (χ1n) is 6.48. The first kappa shape index (κ1) is 14.9. The zero-order valence-electron chi connectivity index (χ0n) is 11.0. The topological polar surface area (TPSA) is 51.0 Å². The van der Waals surface area contributed by atoms with E-state index in [1.165, 1.54) is 6.07 Å². The molecule has 1 aromatic carbocycles. The highest BCUT2D eigenvalue weighted by Gasteiger charge is 2.39. The monoisotopic (exact) mass is 319 g/mol. The summed E-state index contributed by atoms with van der Waals surface area (Å²) in [4.78, 5) is 3.04. The summed E-state index contributed by atoms with van der Waals surface area (Å²) < 4.78 is 69.0. The highest BCUT2D eigenvalue weighted by Crippen LogP contribution is 2.31. The first-order chi connectivity index (χ1) is 10.4. The lowest BCUT2D eigenvalue weighted by atomic mass is 10.1. The quantitative estimate of drug-likeness (QED) is 0.879. The van der Waals surface area contributed by atoms with E-state index in [-0.39, 0.29) is 12.1 Å². The van der Waals surface area contributed by atoms with Crippen LogP contribution in [0, 0.1) is 11.6 Å². The predicted octanol–water partition coefficient (Wildman–Crippen LogP) is 3.29. The Hall–Kier alpha value is -2.03. The van der Waals surface area contributed by atoms with E-state index in [0.29, 0.717) is 6.04 Å². The third-order valence-corrected chi connectivity index (χ3v) is 3.23. The number of hydrogen-bond acceptors (Lipinski definition) is 4. The highest BCUT2D eigenvalue weighted by atomic mass is 19.4. The van der Waals surface area contributed by atoms with Gasteiger partial charge < -0.3 is 9.84 Å². The summed E-state index contributed by atoms with van der Waals surface area (Å²) in [5, 5.41) is 6.06. The fourth-order valence-electron chi connectivity index (χ4n) is 1.89. The van der Waals surface area contributed by atoms with E-state index in [1.807, 2.05) is 0 Å². The van der Waals surface area contributed by atoms with E-state index in [1.54, 1.807) is 0 Å². The zero-order valence-corrected chi connectivity index (χ0v) is 11.0. The van der Waals surface area contributed by atoms with Crippen LogP contribution in [0.2, 0.25) is 0 Å². The van der Waals surface area contributed by atoms with Gasteiger partial charge in [-0.3, -0.25) is 0 Å². The van der Waals surface area contributed by atoms with Crippen molar-refractivity contribution in [2.45, 2.75) is 31.6 Å². The van der Waals surface area contributed by atoms with Crippen LogP contribution in [0.4, 0.5) is 22.0 Å². The molecule has 0 radical (unpaired) electrons. The SMILES string of the molecule is Fc1c(CNC2CC2)ccc(-c2noc(C(F)(F)F)n2)c1F. The molecule has 1 N–H and O–H groups in total. The summed E-state index contributed by atoms with van der Waals surface area (Å²) in [7, 11) is 0. The fourth-order valence-corrected chi connectivity index (χ4v) is 1.89. The van der Waals surface area contributed by atoms with Crippen LogP contribution in [0.25, 0.3) is 11.4 Å². The van der Waals surface area contributed by atoms with E-state index in [2.05, 4.69) is 20.0 Å². The molecule has 118 valence electrons. The van der Waals surface area contributed by atoms with Gasteiger partial charge in [0, 0.05) is 18.2 Å². The van der Waals surface area contributed by atoms with Gasteiger partial charge in [0.2, 0.25) is 5.82 Å². The Morgan fingerprint density at radius 3 is 2.50 bits per heavy atom. The van der Waals surface area contributed by atoms with Gasteiger partial charge in [0.25, 0.3) is 0 Å². The van der Waals surface area contributed by atoms with E-state index in [4.69, 9.17) is 0 Å². The van der Waals surface area contributed by atoms with Crippen LogP contribution in [0.3, 0.4) is 0 Å². The highest BCUT2D eigenvalue weighted by molar-refractivity contribution is 5.56. The van der Waals surface area contributed by atoms with Crippen LogP contribution in [0.15, 0.2) is 16.7 Å². The van der Waals surface area contributed by atoms with Crippen molar-refractivity contribution in [1.82, 2.24) is 15.5 Å². The zero-order chi connectivity index (χ0) is 15.9. The lowest BCUT2D eigenvalue weighted by Crippen LogP contribution is -2.16. The van der Waals surface area contributed by atoms with Crippen LogP contribution in [-0.4, -0.2) is 16.2 Å². The molecule has 0 unspecified atom stereocenters. The molecule has 1 heterocycles. The van der Waals surface area contributed by atoms with Crippen molar-refractivity contribution in [1.29, 1.82) is 0 Å². The van der Waals surface area contributed by atoms with Crippen LogP contribution >= 0.6 is 0 Å². The lowest BCUT2D eigenvalue weighted by molar-refractivity contribution is -0.159. The molecule has 1 aliphatic rings. The Labute approximate surface area is 121 Å². The molecule has 0 spiro atoms. The standard InChI is InChI=1S/C13H10F5N3O/c14-9-6(5-19-7-2-3-7)1-4-8(10(9)15)11-20-12(22-21-11)13(16,17)18/h1,4,7,19H,2-3,5H2. The van der Waals surface area contributed by atoms with Crippen molar-refractivity contribution in [3.05, 3.63) is 35.2 Å². The second-order valence-electron chi connectivity index (χ2n) is 4.98. The van der Waals surface area contributed by atoms with Gasteiger partial charge in [-0.05, 0) is 18.9 Å². The van der Waals surface area contributed by atoms with Crippen molar-refractivity contribution in [3.8, 4) is 11.4 Å². The smallest absolute Gasteiger partial charge is 0.329 e. The second kappa shape index (κ2) is 5.31. The van der Waals surface area contributed by atoms with Crippen molar-refractivity contribution in [3.63, 3.8) is 0 Å². The normalized spacial score (nSPS) is 15.3. The van der Waals surface area contributed by atoms with Gasteiger partial charge in [-0.15, -0.1) is 0 Å². The third kappa shape index (κ3) is 2.94. The molecule has 9 heteroatoms. The molecule has 0 bridgehead atoms. The largest absolute Gasteiger partial charge is 0.471 e. The number of halogens is 5. The predicted molar refractivity (Wildman–Crippen MR) is 64.5 cm³/mol. The summed E-state index contributed by atoms with van der Waals surface area (Å²) in [6.07, 6.45) is -2.86. The van der Waals surface area contributed by atoms with E-state index >= 15 is 0 Å². The maximum Gasteiger partial charge on any atom is 0.471 e. The maximum atomic E-state index is 14.0. The minimum Gasteiger partial charge on any atom is -0.329 e. The Balaban J connectivity index is 1.87. The first-order valence-corrected chi connectivity index (χ1v) is 6.48. The second-order valence-corrected chi connectivity index (χ2v) is 4.98. The van der Waals surface area contributed by atoms with E-state index < -0.39 is 35.1 Å². The molecule has 1 saturated carbocycles. The average molecular weight is 319 g/mol. The minimum absolute atomic E-state index is 0.0905. The molecule has 1 aliphatic carbocycles. The molecular weight excluding hydrogens is 309 g/mol. The average Bonchev–Trinajstić information content (AvgIpc) is 3.13. The fraction of sp³-hybridized carbons (Fsp3) is 0.385. The number of nitrogens with one attached hydrogen (secondary N) is 1. The van der Waals surface area contributed by atoms with Gasteiger partial charge in [-0.25, -0.2) is 8.78 Å². The summed E-state index contributed by atoms with van der Waals surface area (Å²) in [5.74, 6) is -4.69. The Kier molecular flexibility index (Phi) is 3.59. The van der Waals surface area contributed by atoms with Gasteiger partial charge in [-0.2, -0.15) is 18.2 Å². The molecule has 2 aromatic rings. The van der Waals surface area contributed by atoms with Gasteiger partial charge in [0.1, 0.15) is 0 Å². The summed E-state index contributed by atoms with van der Waals surface area (Å²) in [6.45, 7) is 0.147. The Morgan fingerprint density at radius 2 is 1.91 bits per heavy atom. The van der Waals surface area contributed by atoms with Crippen molar-refractivity contribution >= 4 is 0 Å². The number of hydrogen-bond donors (Lipinski definition) is 1. The van der Waals surface area contributed by atoms with Gasteiger partial charge in [0.15, 0.2) is 11.6 Å². The van der Waals surface area contributed by atoms with Gasteiger partial charge in [0.05, 0.1) is 5.56 Å². The summed E-state index contributed by atoms with van der Waals surface area (Å²) >= 11 is 0. The lowest BCUT2D eigenvalue weighted by Gasteiger charge is -2.07.